The number of hydrogen-bond donors (Lipinski definition) is 3. The summed E-state index contributed by atoms with van der Waals surface area (Å²) in [4.78, 5) is 0. The Balaban J connectivity index is 3.80. The molecule has 0 spiro atoms. The number of nitrogens with one attached hydrogen (secondary N) is 2. The van der Waals surface area contributed by atoms with Crippen molar-refractivity contribution in [2.45, 2.75) is 39.4 Å². The summed E-state index contributed by atoms with van der Waals surface area (Å²) in [5, 5.41) is 6.66. The van der Waals surface area contributed by atoms with Gasteiger partial charge in [0.2, 0.25) is 0 Å². The second kappa shape index (κ2) is 8.35. The molecule has 0 saturated heterocycles. The second-order valence-corrected chi connectivity index (χ2v) is 6.79. The van der Waals surface area contributed by atoms with Gasteiger partial charge in [0.05, 0.1) is 13.2 Å². The van der Waals surface area contributed by atoms with Gasteiger partial charge in [-0.25, -0.2) is 0 Å². The number of rotatable bonds is 10. The van der Waals surface area contributed by atoms with Crippen molar-refractivity contribution in [2.24, 2.45) is 5.41 Å². The van der Waals surface area contributed by atoms with Crippen LogP contribution in [0.25, 0.3) is 0 Å². The van der Waals surface area contributed by atoms with Crippen LogP contribution in [0, 0.1) is 5.41 Å². The minimum Gasteiger partial charge on any atom is -0.379 e. The fourth-order valence-electron chi connectivity index (χ4n) is 1.51. The van der Waals surface area contributed by atoms with E-state index in [1.54, 1.807) is 0 Å². The lowest BCUT2D eigenvalue weighted by molar-refractivity contribution is 0.0511. The molecule has 0 fully saturated rings. The molecule has 0 heterocycles. The van der Waals surface area contributed by atoms with E-state index in [2.05, 4.69) is 57.9 Å². The Hall–Kier alpha value is 0.230. The zero-order valence-electron chi connectivity index (χ0n) is 12.1. The van der Waals surface area contributed by atoms with Gasteiger partial charge in [-0.3, -0.25) is 0 Å². The maximum absolute atomic E-state index is 5.80. The molecule has 0 aliphatic heterocycles. The van der Waals surface area contributed by atoms with Crippen LogP contribution >= 0.6 is 12.6 Å². The molecule has 0 aromatic rings. The van der Waals surface area contributed by atoms with Crippen molar-refractivity contribution in [1.29, 1.82) is 0 Å². The summed E-state index contributed by atoms with van der Waals surface area (Å²) in [5.41, 5.74) is 0.179. The highest BCUT2D eigenvalue weighted by Gasteiger charge is 2.22. The molecule has 0 aromatic heterocycles. The van der Waals surface area contributed by atoms with Gasteiger partial charge in [-0.05, 0) is 20.0 Å². The van der Waals surface area contributed by atoms with Gasteiger partial charge in [-0.15, -0.1) is 0 Å². The van der Waals surface area contributed by atoms with Crippen molar-refractivity contribution < 1.29 is 4.74 Å². The minimum absolute atomic E-state index is 0.0930. The van der Waals surface area contributed by atoms with E-state index in [-0.39, 0.29) is 10.2 Å². The van der Waals surface area contributed by atoms with Gasteiger partial charge in [0.15, 0.2) is 0 Å². The van der Waals surface area contributed by atoms with Crippen molar-refractivity contribution in [3.63, 3.8) is 0 Å². The standard InChI is InChI=1S/C13H30N2OS/c1-6-14-8-12(3,4)10-16-11-13(5,17)9-15-7-2/h14-15,17H,6-11H2,1-5H3. The number of hydrogen-bond acceptors (Lipinski definition) is 4. The SMILES string of the molecule is CCNCC(C)(C)COCC(C)(S)CNCC. The zero-order chi connectivity index (χ0) is 13.4. The summed E-state index contributed by atoms with van der Waals surface area (Å²) in [7, 11) is 0. The highest BCUT2D eigenvalue weighted by atomic mass is 32.1. The topological polar surface area (TPSA) is 33.3 Å². The lowest BCUT2D eigenvalue weighted by Gasteiger charge is -2.28. The quantitative estimate of drug-likeness (QED) is 0.526. The van der Waals surface area contributed by atoms with Crippen molar-refractivity contribution in [3.8, 4) is 0 Å². The predicted octanol–water partition coefficient (Wildman–Crippen LogP) is 1.94. The first-order chi connectivity index (χ1) is 7.83. The molecular weight excluding hydrogens is 232 g/mol. The van der Waals surface area contributed by atoms with E-state index in [0.29, 0.717) is 6.61 Å². The molecule has 0 bridgehead atoms. The van der Waals surface area contributed by atoms with Gasteiger partial charge in [0, 0.05) is 23.3 Å². The summed E-state index contributed by atoms with van der Waals surface area (Å²) in [6.07, 6.45) is 0. The van der Waals surface area contributed by atoms with E-state index in [1.807, 2.05) is 0 Å². The molecule has 104 valence electrons. The second-order valence-electron chi connectivity index (χ2n) is 5.71. The van der Waals surface area contributed by atoms with E-state index in [0.717, 1.165) is 32.8 Å². The highest BCUT2D eigenvalue weighted by molar-refractivity contribution is 7.81. The maximum atomic E-state index is 5.80. The van der Waals surface area contributed by atoms with Crippen molar-refractivity contribution in [3.05, 3.63) is 0 Å². The first-order valence-corrected chi connectivity index (χ1v) is 6.99. The van der Waals surface area contributed by atoms with Gasteiger partial charge >= 0.3 is 0 Å². The molecule has 0 aromatic carbocycles. The van der Waals surface area contributed by atoms with Gasteiger partial charge in [-0.2, -0.15) is 12.6 Å². The van der Waals surface area contributed by atoms with Crippen LogP contribution in [0.15, 0.2) is 0 Å². The minimum atomic E-state index is -0.0930. The molecule has 0 aliphatic carbocycles. The summed E-state index contributed by atoms with van der Waals surface area (Å²) in [6.45, 7) is 16.1. The normalized spacial score (nSPS) is 15.9. The Labute approximate surface area is 112 Å². The Kier molecular flexibility index (Phi) is 8.47. The van der Waals surface area contributed by atoms with Crippen LogP contribution in [-0.4, -0.2) is 44.1 Å². The molecule has 3 nitrogen and oxygen atoms in total. The van der Waals surface area contributed by atoms with E-state index >= 15 is 0 Å². The molecule has 0 aliphatic rings. The molecular formula is C13H30N2OS. The Morgan fingerprint density at radius 3 is 2.00 bits per heavy atom. The average molecular weight is 262 g/mol. The fourth-order valence-corrected chi connectivity index (χ4v) is 1.71. The number of ether oxygens (including phenoxy) is 1. The molecule has 17 heavy (non-hydrogen) atoms. The van der Waals surface area contributed by atoms with Crippen LogP contribution in [-0.2, 0) is 4.74 Å². The monoisotopic (exact) mass is 262 g/mol. The summed E-state index contributed by atoms with van der Waals surface area (Å²) in [6, 6.07) is 0. The van der Waals surface area contributed by atoms with Crippen molar-refractivity contribution in [2.75, 3.05) is 39.4 Å². The van der Waals surface area contributed by atoms with Crippen LogP contribution in [0.5, 0.6) is 0 Å². The summed E-state index contributed by atoms with van der Waals surface area (Å²) in [5.74, 6) is 0. The van der Waals surface area contributed by atoms with Gasteiger partial charge in [-0.1, -0.05) is 27.7 Å². The third-order valence-electron chi connectivity index (χ3n) is 2.52. The highest BCUT2D eigenvalue weighted by Crippen LogP contribution is 2.17. The molecule has 2 N–H and O–H groups in total. The van der Waals surface area contributed by atoms with Gasteiger partial charge < -0.3 is 15.4 Å². The third-order valence-corrected chi connectivity index (χ3v) is 2.80. The lowest BCUT2D eigenvalue weighted by atomic mass is 9.95. The van der Waals surface area contributed by atoms with Crippen LogP contribution in [0.4, 0.5) is 0 Å². The van der Waals surface area contributed by atoms with E-state index in [9.17, 15) is 0 Å². The zero-order valence-corrected chi connectivity index (χ0v) is 13.0. The number of thiol groups is 1. The van der Waals surface area contributed by atoms with E-state index < -0.39 is 0 Å². The molecule has 4 heteroatoms. The Morgan fingerprint density at radius 2 is 1.47 bits per heavy atom. The first kappa shape index (κ1) is 17.2. The van der Waals surface area contributed by atoms with Gasteiger partial charge in [0.1, 0.15) is 0 Å². The molecule has 0 radical (unpaired) electrons. The Bertz CT molecular complexity index is 176. The van der Waals surface area contributed by atoms with Crippen LogP contribution in [0.3, 0.4) is 0 Å². The average Bonchev–Trinajstić information content (AvgIpc) is 2.23. The molecule has 0 amide bonds. The van der Waals surface area contributed by atoms with E-state index in [1.165, 1.54) is 0 Å². The molecule has 0 rings (SSSR count). The Morgan fingerprint density at radius 1 is 0.941 bits per heavy atom. The first-order valence-electron chi connectivity index (χ1n) is 6.54. The third kappa shape index (κ3) is 9.89. The summed E-state index contributed by atoms with van der Waals surface area (Å²) < 4.78 is 5.71. The van der Waals surface area contributed by atoms with Crippen LogP contribution in [0.2, 0.25) is 0 Å². The van der Waals surface area contributed by atoms with Gasteiger partial charge in [0.25, 0.3) is 0 Å². The maximum Gasteiger partial charge on any atom is 0.0620 e. The fraction of sp³-hybridized carbons (Fsp3) is 1.00. The van der Waals surface area contributed by atoms with Crippen LogP contribution in [0.1, 0.15) is 34.6 Å². The predicted molar refractivity (Wildman–Crippen MR) is 79.1 cm³/mol. The van der Waals surface area contributed by atoms with Crippen molar-refractivity contribution >= 4 is 12.6 Å². The smallest absolute Gasteiger partial charge is 0.0620 e. The molecule has 0 saturated carbocycles. The molecule has 1 atom stereocenters. The van der Waals surface area contributed by atoms with E-state index in [4.69, 9.17) is 4.74 Å². The van der Waals surface area contributed by atoms with Crippen molar-refractivity contribution in [1.82, 2.24) is 10.6 Å². The lowest BCUT2D eigenvalue weighted by Crippen LogP contribution is -2.39. The largest absolute Gasteiger partial charge is 0.379 e. The van der Waals surface area contributed by atoms with Crippen LogP contribution < -0.4 is 10.6 Å². The molecule has 1 unspecified atom stereocenters. The summed E-state index contributed by atoms with van der Waals surface area (Å²) >= 11 is 4.62.